The second-order valence-corrected chi connectivity index (χ2v) is 20.7. The lowest BCUT2D eigenvalue weighted by Crippen LogP contribution is -2.45. The van der Waals surface area contributed by atoms with Crippen molar-refractivity contribution in [2.45, 2.75) is 113 Å². The maximum Gasteiger partial charge on any atom is 0.417 e. The van der Waals surface area contributed by atoms with E-state index < -0.39 is 86.8 Å². The molecule has 6 aromatic rings. The zero-order chi connectivity index (χ0) is 55.3. The summed E-state index contributed by atoms with van der Waals surface area (Å²) >= 11 is 0. The quantitative estimate of drug-likeness (QED) is 0.0606. The van der Waals surface area contributed by atoms with Crippen LogP contribution in [0.2, 0.25) is 0 Å². The summed E-state index contributed by atoms with van der Waals surface area (Å²) in [7, 11) is 0. The molecule has 8 rings (SSSR count). The average Bonchev–Trinajstić information content (AvgIpc) is 3.75. The van der Waals surface area contributed by atoms with E-state index in [2.05, 4.69) is 0 Å². The number of esters is 2. The van der Waals surface area contributed by atoms with Crippen molar-refractivity contribution in [3.8, 4) is 33.8 Å². The van der Waals surface area contributed by atoms with Crippen molar-refractivity contribution >= 4 is 41.3 Å². The predicted octanol–water partition coefficient (Wildman–Crippen LogP) is 14.2. The first-order valence-electron chi connectivity index (χ1n) is 23.9. The van der Waals surface area contributed by atoms with Crippen LogP contribution in [-0.2, 0) is 17.8 Å². The molecule has 2 aliphatic rings. The SMILES string of the molecule is CCC(C)(C)c1ccc(-c2ccc(N3C(=O)c4ccc(C(=O)Oc5c(C)cc(-c6cc(C)c(OC(=O)c7ccc8c(c7)C(=O)N(C(C)(C)C)C8=O)c(C)c6C)c(C)c5C)cc4C3=O)cc2C(F)(F)F)c(C(F)(F)F)c1. The van der Waals surface area contributed by atoms with E-state index in [1.165, 1.54) is 36.4 Å². The molecule has 388 valence electrons. The number of imide groups is 2. The van der Waals surface area contributed by atoms with Crippen LogP contribution in [0.1, 0.15) is 160 Å². The summed E-state index contributed by atoms with van der Waals surface area (Å²) < 4.78 is 99.8. The van der Waals surface area contributed by atoms with Crippen LogP contribution in [0.4, 0.5) is 32.0 Å². The maximum atomic E-state index is 14.8. The number of nitrogens with zero attached hydrogens (tertiary/aromatic N) is 2. The molecular weight excluding hydrogens is 979 g/mol. The van der Waals surface area contributed by atoms with Crippen LogP contribution >= 0.6 is 0 Å². The summed E-state index contributed by atoms with van der Waals surface area (Å²) in [6, 6.07) is 16.9. The van der Waals surface area contributed by atoms with E-state index in [9.17, 15) is 55.1 Å². The highest BCUT2D eigenvalue weighted by Gasteiger charge is 2.44. The number of anilines is 1. The smallest absolute Gasteiger partial charge is 0.417 e. The Bertz CT molecular complexity index is 3510. The van der Waals surface area contributed by atoms with Gasteiger partial charge in [0, 0.05) is 5.54 Å². The summed E-state index contributed by atoms with van der Waals surface area (Å²) in [6.45, 7) is 21.2. The molecule has 0 N–H and O–H groups in total. The molecule has 0 aliphatic carbocycles. The van der Waals surface area contributed by atoms with Gasteiger partial charge in [-0.1, -0.05) is 39.0 Å². The van der Waals surface area contributed by atoms with Gasteiger partial charge in [-0.15, -0.1) is 0 Å². The number of rotatable bonds is 9. The van der Waals surface area contributed by atoms with Gasteiger partial charge in [0.25, 0.3) is 23.6 Å². The molecule has 0 unspecified atom stereocenters. The third kappa shape index (κ3) is 9.28. The maximum absolute atomic E-state index is 14.8. The third-order valence-corrected chi connectivity index (χ3v) is 14.5. The summed E-state index contributed by atoms with van der Waals surface area (Å²) in [5, 5.41) is 0. The monoisotopic (exact) mass is 1030 g/mol. The second-order valence-electron chi connectivity index (χ2n) is 20.7. The lowest BCUT2D eigenvalue weighted by Gasteiger charge is -2.29. The molecule has 16 heteroatoms. The van der Waals surface area contributed by atoms with E-state index in [4.69, 9.17) is 9.47 Å². The number of amides is 4. The molecule has 0 bridgehead atoms. The lowest BCUT2D eigenvalue weighted by atomic mass is 9.80. The number of carbonyl (C=O) groups is 6. The number of alkyl halides is 6. The summed E-state index contributed by atoms with van der Waals surface area (Å²) in [4.78, 5) is 82.9. The van der Waals surface area contributed by atoms with E-state index in [0.29, 0.717) is 45.4 Å². The van der Waals surface area contributed by atoms with Crippen LogP contribution in [0.5, 0.6) is 11.5 Å². The lowest BCUT2D eigenvalue weighted by molar-refractivity contribution is -0.139. The molecular formula is C59H52F6N2O8. The topological polar surface area (TPSA) is 127 Å². The minimum Gasteiger partial charge on any atom is -0.422 e. The zero-order valence-electron chi connectivity index (χ0n) is 43.2. The summed E-state index contributed by atoms with van der Waals surface area (Å²) in [6.07, 6.45) is -9.78. The highest BCUT2D eigenvalue weighted by atomic mass is 19.4. The second kappa shape index (κ2) is 18.5. The van der Waals surface area contributed by atoms with Crippen LogP contribution in [0.3, 0.4) is 0 Å². The largest absolute Gasteiger partial charge is 0.422 e. The van der Waals surface area contributed by atoms with Crippen molar-refractivity contribution in [2.24, 2.45) is 0 Å². The number of carbonyl (C=O) groups excluding carboxylic acids is 6. The van der Waals surface area contributed by atoms with Crippen molar-refractivity contribution in [1.82, 2.24) is 4.90 Å². The molecule has 2 aliphatic heterocycles. The fourth-order valence-electron chi connectivity index (χ4n) is 9.65. The van der Waals surface area contributed by atoms with E-state index in [0.717, 1.165) is 57.5 Å². The van der Waals surface area contributed by atoms with Gasteiger partial charge in [0.05, 0.1) is 50.2 Å². The summed E-state index contributed by atoms with van der Waals surface area (Å²) in [5.41, 5.74) is -0.791. The van der Waals surface area contributed by atoms with Gasteiger partial charge in [-0.3, -0.25) is 24.1 Å². The minimum absolute atomic E-state index is 0.0920. The standard InChI is InChI=1S/C59H52F6N2O8/c1-13-57(11,12)36-16-20-38(46(26-36)58(60,61)62)39-21-17-37(27-47(39)59(63,64)65)66-50(68)40-18-14-34(24-44(40)51(66)69)54(72)74-48-28(2)22-42(30(4)32(48)6)43-23-29(3)49(33(7)31(43)5)75-55(73)35-15-19-41-45(25-35)53(71)67(52(41)70)56(8,9)10/h14-27H,13H2,1-12H3. The number of benzene rings is 6. The number of halogens is 6. The van der Waals surface area contributed by atoms with Gasteiger partial charge in [-0.2, -0.15) is 26.3 Å². The van der Waals surface area contributed by atoms with E-state index in [1.807, 2.05) is 26.0 Å². The molecule has 0 saturated carbocycles. The first kappa shape index (κ1) is 53.4. The van der Waals surface area contributed by atoms with Gasteiger partial charge in [0.2, 0.25) is 0 Å². The Kier molecular flexibility index (Phi) is 13.2. The Balaban J connectivity index is 1.03. The van der Waals surface area contributed by atoms with Crippen molar-refractivity contribution in [3.05, 3.63) is 168 Å². The van der Waals surface area contributed by atoms with Crippen LogP contribution in [0, 0.1) is 41.5 Å². The summed E-state index contributed by atoms with van der Waals surface area (Å²) in [5.74, 6) is -4.12. The number of hydrogen-bond donors (Lipinski definition) is 0. The van der Waals surface area contributed by atoms with Crippen molar-refractivity contribution in [1.29, 1.82) is 0 Å². The molecule has 10 nitrogen and oxygen atoms in total. The Morgan fingerprint density at radius 3 is 1.32 bits per heavy atom. The average molecular weight is 1030 g/mol. The number of ether oxygens (including phenoxy) is 2. The predicted molar refractivity (Wildman–Crippen MR) is 270 cm³/mol. The van der Waals surface area contributed by atoms with Gasteiger partial charge in [0.15, 0.2) is 0 Å². The Morgan fingerprint density at radius 1 is 0.467 bits per heavy atom. The number of aryl methyl sites for hydroxylation is 2. The molecule has 0 spiro atoms. The van der Waals surface area contributed by atoms with Crippen molar-refractivity contribution in [2.75, 3.05) is 4.90 Å². The molecule has 0 atom stereocenters. The molecule has 4 amide bonds. The fraction of sp³-hybridized carbons (Fsp3) is 0.288. The van der Waals surface area contributed by atoms with Gasteiger partial charge in [0.1, 0.15) is 11.5 Å². The fourth-order valence-corrected chi connectivity index (χ4v) is 9.65. The van der Waals surface area contributed by atoms with Crippen LogP contribution < -0.4 is 14.4 Å². The van der Waals surface area contributed by atoms with Gasteiger partial charge in [-0.25, -0.2) is 14.5 Å². The van der Waals surface area contributed by atoms with E-state index in [-0.39, 0.29) is 44.7 Å². The van der Waals surface area contributed by atoms with Gasteiger partial charge >= 0.3 is 24.3 Å². The highest BCUT2D eigenvalue weighted by molar-refractivity contribution is 6.34. The Labute approximate surface area is 429 Å². The van der Waals surface area contributed by atoms with Crippen molar-refractivity contribution < 1.29 is 64.6 Å². The van der Waals surface area contributed by atoms with Crippen molar-refractivity contribution in [3.63, 3.8) is 0 Å². The van der Waals surface area contributed by atoms with E-state index in [1.54, 1.807) is 69.2 Å². The molecule has 0 radical (unpaired) electrons. The molecule has 0 aromatic heterocycles. The molecule has 6 aromatic carbocycles. The highest BCUT2D eigenvalue weighted by Crippen LogP contribution is 2.47. The minimum atomic E-state index is -5.22. The third-order valence-electron chi connectivity index (χ3n) is 14.5. The van der Waals surface area contributed by atoms with Crippen LogP contribution in [0.15, 0.2) is 84.9 Å². The van der Waals surface area contributed by atoms with Crippen LogP contribution in [0.25, 0.3) is 22.3 Å². The first-order chi connectivity index (χ1) is 34.8. The Hall–Kier alpha value is -7.88. The van der Waals surface area contributed by atoms with Gasteiger partial charge < -0.3 is 9.47 Å². The number of hydrogen-bond acceptors (Lipinski definition) is 8. The molecule has 2 heterocycles. The van der Waals surface area contributed by atoms with E-state index >= 15 is 0 Å². The Morgan fingerprint density at radius 2 is 0.867 bits per heavy atom. The van der Waals surface area contributed by atoms with Crippen LogP contribution in [-0.4, -0.2) is 46.0 Å². The van der Waals surface area contributed by atoms with Gasteiger partial charge in [-0.05, 0) is 202 Å². The number of fused-ring (bicyclic) bond motifs is 2. The molecule has 75 heavy (non-hydrogen) atoms. The molecule has 0 saturated heterocycles. The normalized spacial score (nSPS) is 13.9. The first-order valence-corrected chi connectivity index (χ1v) is 23.9. The zero-order valence-corrected chi connectivity index (χ0v) is 43.2. The molecule has 0 fully saturated rings.